The lowest BCUT2D eigenvalue weighted by Gasteiger charge is -2.47. The maximum Gasteiger partial charge on any atom is 0.237 e. The molecule has 0 saturated heterocycles. The lowest BCUT2D eigenvalue weighted by atomic mass is 9.75. The van der Waals surface area contributed by atoms with Gasteiger partial charge in [-0.3, -0.25) is 4.79 Å². The molecule has 1 saturated carbocycles. The number of phenolic OH excluding ortho intramolecular Hbond substituents is 1. The molecule has 5 heteroatoms. The summed E-state index contributed by atoms with van der Waals surface area (Å²) in [5, 5.41) is 12.2. The number of hydrogen-bond donors (Lipinski definition) is 3. The Morgan fingerprint density at radius 2 is 2.00 bits per heavy atom. The fraction of sp³-hybridized carbons (Fsp3) is 0.562. The van der Waals surface area contributed by atoms with E-state index < -0.39 is 6.04 Å². The summed E-state index contributed by atoms with van der Waals surface area (Å²) >= 11 is 0. The van der Waals surface area contributed by atoms with E-state index in [0.717, 1.165) is 18.4 Å². The highest BCUT2D eigenvalue weighted by Gasteiger charge is 2.39. The van der Waals surface area contributed by atoms with Gasteiger partial charge in [0.05, 0.1) is 6.04 Å². The molecule has 116 valence electrons. The number of amides is 1. The number of phenols is 1. The predicted molar refractivity (Wildman–Crippen MR) is 83.1 cm³/mol. The van der Waals surface area contributed by atoms with Gasteiger partial charge in [-0.15, -0.1) is 0 Å². The quantitative estimate of drug-likeness (QED) is 0.726. The molecule has 1 aliphatic rings. The fourth-order valence-corrected chi connectivity index (χ4v) is 2.73. The van der Waals surface area contributed by atoms with E-state index in [1.165, 1.54) is 6.42 Å². The van der Waals surface area contributed by atoms with Crippen molar-refractivity contribution in [3.8, 4) is 5.75 Å². The monoisotopic (exact) mass is 291 g/mol. The molecule has 0 aromatic heterocycles. The number of nitrogens with zero attached hydrogens (tertiary/aromatic N) is 1. The molecule has 2 rings (SSSR count). The Hall–Kier alpha value is -1.59. The summed E-state index contributed by atoms with van der Waals surface area (Å²) in [6.07, 6.45) is 3.93. The summed E-state index contributed by atoms with van der Waals surface area (Å²) in [7, 11) is 4.11. The first-order valence-corrected chi connectivity index (χ1v) is 7.42. The molecule has 1 aromatic rings. The number of rotatable bonds is 6. The molecule has 1 atom stereocenters. The molecule has 0 aliphatic heterocycles. The smallest absolute Gasteiger partial charge is 0.237 e. The fourth-order valence-electron chi connectivity index (χ4n) is 2.73. The maximum absolute atomic E-state index is 12.1. The minimum atomic E-state index is -0.561. The van der Waals surface area contributed by atoms with Gasteiger partial charge in [-0.2, -0.15) is 0 Å². The van der Waals surface area contributed by atoms with Gasteiger partial charge in [0.15, 0.2) is 0 Å². The van der Waals surface area contributed by atoms with Gasteiger partial charge >= 0.3 is 0 Å². The van der Waals surface area contributed by atoms with E-state index in [4.69, 9.17) is 5.73 Å². The number of likely N-dealkylation sites (N-methyl/N-ethyl adjacent to an activating group) is 1. The largest absolute Gasteiger partial charge is 0.508 e. The normalized spacial score (nSPS) is 18.1. The van der Waals surface area contributed by atoms with E-state index in [0.29, 0.717) is 13.0 Å². The number of carbonyl (C=O) groups is 1. The Balaban J connectivity index is 1.84. The second-order valence-corrected chi connectivity index (χ2v) is 6.17. The van der Waals surface area contributed by atoms with Crippen molar-refractivity contribution in [3.63, 3.8) is 0 Å². The lowest BCUT2D eigenvalue weighted by molar-refractivity contribution is -0.123. The summed E-state index contributed by atoms with van der Waals surface area (Å²) in [6.45, 7) is 0.655. The molecule has 0 bridgehead atoms. The first-order chi connectivity index (χ1) is 9.93. The molecular weight excluding hydrogens is 266 g/mol. The highest BCUT2D eigenvalue weighted by molar-refractivity contribution is 5.81. The van der Waals surface area contributed by atoms with Gasteiger partial charge in [0.2, 0.25) is 5.91 Å². The van der Waals surface area contributed by atoms with Gasteiger partial charge in [-0.25, -0.2) is 0 Å². The highest BCUT2D eigenvalue weighted by atomic mass is 16.3. The predicted octanol–water partition coefficient (Wildman–Crippen LogP) is 0.863. The number of aromatic hydroxyl groups is 1. The summed E-state index contributed by atoms with van der Waals surface area (Å²) in [5.74, 6) is 0.103. The van der Waals surface area contributed by atoms with E-state index >= 15 is 0 Å². The second-order valence-electron chi connectivity index (χ2n) is 6.17. The molecule has 1 aromatic carbocycles. The Morgan fingerprint density at radius 3 is 2.48 bits per heavy atom. The van der Waals surface area contributed by atoms with Crippen LogP contribution >= 0.6 is 0 Å². The van der Waals surface area contributed by atoms with E-state index in [2.05, 4.69) is 24.3 Å². The van der Waals surface area contributed by atoms with Crippen LogP contribution in [0.4, 0.5) is 0 Å². The van der Waals surface area contributed by atoms with E-state index in [-0.39, 0.29) is 17.2 Å². The lowest BCUT2D eigenvalue weighted by Crippen LogP contribution is -2.58. The average molecular weight is 291 g/mol. The summed E-state index contributed by atoms with van der Waals surface area (Å²) < 4.78 is 0. The van der Waals surface area contributed by atoms with Crippen LogP contribution in [0.2, 0.25) is 0 Å². The number of benzene rings is 1. The Bertz CT molecular complexity index is 481. The van der Waals surface area contributed by atoms with Crippen molar-refractivity contribution >= 4 is 5.91 Å². The molecule has 4 N–H and O–H groups in total. The molecule has 1 amide bonds. The minimum absolute atomic E-state index is 0.105. The van der Waals surface area contributed by atoms with Crippen molar-refractivity contribution in [3.05, 3.63) is 29.8 Å². The average Bonchev–Trinajstić information content (AvgIpc) is 2.39. The zero-order chi connectivity index (χ0) is 15.5. The van der Waals surface area contributed by atoms with Crippen LogP contribution in [0.15, 0.2) is 24.3 Å². The Labute approximate surface area is 126 Å². The van der Waals surface area contributed by atoms with Crippen LogP contribution < -0.4 is 11.1 Å². The van der Waals surface area contributed by atoms with E-state index in [9.17, 15) is 9.90 Å². The third-order valence-electron chi connectivity index (χ3n) is 4.55. The SMILES string of the molecule is CN(C)C1(CNC(=O)[C@@H](N)Cc2ccc(O)cc2)CCC1. The van der Waals surface area contributed by atoms with Gasteiger partial charge in [0.25, 0.3) is 0 Å². The van der Waals surface area contributed by atoms with E-state index in [1.54, 1.807) is 24.3 Å². The minimum Gasteiger partial charge on any atom is -0.508 e. The molecule has 0 heterocycles. The Morgan fingerprint density at radius 1 is 1.38 bits per heavy atom. The van der Waals surface area contributed by atoms with Gasteiger partial charge < -0.3 is 21.1 Å². The summed E-state index contributed by atoms with van der Waals surface area (Å²) in [4.78, 5) is 14.3. The number of carbonyl (C=O) groups excluding carboxylic acids is 1. The summed E-state index contributed by atoms with van der Waals surface area (Å²) in [5.41, 5.74) is 7.01. The zero-order valence-electron chi connectivity index (χ0n) is 12.8. The molecule has 0 spiro atoms. The number of hydrogen-bond acceptors (Lipinski definition) is 4. The molecule has 0 radical (unpaired) electrons. The van der Waals surface area contributed by atoms with Gasteiger partial charge in [-0.05, 0) is 57.5 Å². The number of nitrogens with one attached hydrogen (secondary N) is 1. The van der Waals surface area contributed by atoms with E-state index in [1.807, 2.05) is 0 Å². The van der Waals surface area contributed by atoms with Gasteiger partial charge in [0.1, 0.15) is 5.75 Å². The Kier molecular flexibility index (Phi) is 4.85. The van der Waals surface area contributed by atoms with Crippen LogP contribution in [0.5, 0.6) is 5.75 Å². The second kappa shape index (κ2) is 6.45. The standard InChI is InChI=1S/C16H25N3O2/c1-19(2)16(8-3-9-16)11-18-15(21)14(17)10-12-4-6-13(20)7-5-12/h4-7,14,20H,3,8-11,17H2,1-2H3,(H,18,21)/t14-/m0/s1. The first-order valence-electron chi connectivity index (χ1n) is 7.42. The number of nitrogens with two attached hydrogens (primary N) is 1. The van der Waals surface area contributed by atoms with Crippen LogP contribution in [0.1, 0.15) is 24.8 Å². The summed E-state index contributed by atoms with van der Waals surface area (Å²) in [6, 6.07) is 6.23. The third-order valence-corrected chi connectivity index (χ3v) is 4.55. The molecule has 21 heavy (non-hydrogen) atoms. The van der Waals surface area contributed by atoms with Crippen molar-refractivity contribution in [2.75, 3.05) is 20.6 Å². The van der Waals surface area contributed by atoms with Crippen molar-refractivity contribution in [2.45, 2.75) is 37.3 Å². The molecular formula is C16H25N3O2. The first kappa shape index (κ1) is 15.8. The van der Waals surface area contributed by atoms with Crippen LogP contribution in [0, 0.1) is 0 Å². The maximum atomic E-state index is 12.1. The topological polar surface area (TPSA) is 78.6 Å². The van der Waals surface area contributed by atoms with Crippen molar-refractivity contribution < 1.29 is 9.90 Å². The van der Waals surface area contributed by atoms with Crippen molar-refractivity contribution in [1.29, 1.82) is 0 Å². The van der Waals surface area contributed by atoms with Crippen LogP contribution in [0.25, 0.3) is 0 Å². The van der Waals surface area contributed by atoms with Crippen LogP contribution in [-0.4, -0.2) is 48.1 Å². The zero-order valence-corrected chi connectivity index (χ0v) is 12.8. The molecule has 5 nitrogen and oxygen atoms in total. The van der Waals surface area contributed by atoms with Gasteiger partial charge in [-0.1, -0.05) is 12.1 Å². The van der Waals surface area contributed by atoms with Crippen molar-refractivity contribution in [2.24, 2.45) is 5.73 Å². The van der Waals surface area contributed by atoms with Crippen molar-refractivity contribution in [1.82, 2.24) is 10.2 Å². The molecule has 1 aliphatic carbocycles. The van der Waals surface area contributed by atoms with Gasteiger partial charge in [0, 0.05) is 12.1 Å². The van der Waals surface area contributed by atoms with Crippen LogP contribution in [-0.2, 0) is 11.2 Å². The third kappa shape index (κ3) is 3.74. The highest BCUT2D eigenvalue weighted by Crippen LogP contribution is 2.35. The molecule has 1 fully saturated rings. The van der Waals surface area contributed by atoms with Crippen LogP contribution in [0.3, 0.4) is 0 Å². The molecule has 0 unspecified atom stereocenters.